The van der Waals surface area contributed by atoms with E-state index in [2.05, 4.69) is 4.98 Å². The summed E-state index contributed by atoms with van der Waals surface area (Å²) in [6.45, 7) is 0. The predicted molar refractivity (Wildman–Crippen MR) is 68.5 cm³/mol. The number of nitrogens with zero attached hydrogens (tertiary/aromatic N) is 1. The lowest BCUT2D eigenvalue weighted by atomic mass is 9.89. The van der Waals surface area contributed by atoms with E-state index in [0.29, 0.717) is 0 Å². The van der Waals surface area contributed by atoms with Crippen LogP contribution in [-0.2, 0) is 0 Å². The molecule has 0 bridgehead atoms. The molecule has 2 aromatic carbocycles. The maximum Gasteiger partial charge on any atom is 0.205 e. The molecule has 1 heterocycles. The smallest absolute Gasteiger partial charge is 0.205 e. The molecule has 2 nitrogen and oxygen atoms in total. The monoisotopic (exact) mass is 237 g/mol. The first-order valence-corrected chi connectivity index (χ1v) is 6.24. The minimum Gasteiger partial charge on any atom is -0.288 e. The second-order valence-corrected chi connectivity index (χ2v) is 4.92. The van der Waals surface area contributed by atoms with Crippen LogP contribution in [0.1, 0.15) is 15.2 Å². The first kappa shape index (κ1) is 9.07. The minimum absolute atomic E-state index is 0.104. The van der Waals surface area contributed by atoms with E-state index in [1.165, 1.54) is 11.3 Å². The third-order valence-corrected chi connectivity index (χ3v) is 4.00. The van der Waals surface area contributed by atoms with Crippen LogP contribution in [0, 0.1) is 0 Å². The normalized spacial score (nSPS) is 12.8. The lowest BCUT2D eigenvalue weighted by molar-refractivity contribution is 0.104. The molecule has 80 valence electrons. The molecule has 0 fully saturated rings. The van der Waals surface area contributed by atoms with Crippen molar-refractivity contribution in [3.63, 3.8) is 0 Å². The number of aromatic nitrogens is 1. The molecule has 0 saturated heterocycles. The molecular formula is C14H7NOS. The van der Waals surface area contributed by atoms with Crippen LogP contribution < -0.4 is 0 Å². The Balaban J connectivity index is 2.31. The van der Waals surface area contributed by atoms with Gasteiger partial charge in [-0.2, -0.15) is 0 Å². The van der Waals surface area contributed by atoms with Crippen LogP contribution >= 0.6 is 11.3 Å². The Kier molecular flexibility index (Phi) is 1.61. The van der Waals surface area contributed by atoms with Crippen molar-refractivity contribution < 1.29 is 4.79 Å². The Morgan fingerprint density at radius 3 is 2.59 bits per heavy atom. The summed E-state index contributed by atoms with van der Waals surface area (Å²) in [5, 5.41) is 2.14. The summed E-state index contributed by atoms with van der Waals surface area (Å²) in [6, 6.07) is 12.0. The highest BCUT2D eigenvalue weighted by molar-refractivity contribution is 7.12. The second kappa shape index (κ2) is 3.02. The molecule has 3 heteroatoms. The van der Waals surface area contributed by atoms with E-state index < -0.39 is 0 Å². The molecule has 1 aliphatic carbocycles. The average Bonchev–Trinajstić information content (AvgIpc) is 2.85. The third-order valence-electron chi connectivity index (χ3n) is 3.18. The first-order chi connectivity index (χ1) is 8.36. The maximum absolute atomic E-state index is 12.3. The maximum atomic E-state index is 12.3. The summed E-state index contributed by atoms with van der Waals surface area (Å²) >= 11 is 1.42. The Morgan fingerprint density at radius 2 is 1.76 bits per heavy atom. The Labute approximate surface area is 102 Å². The van der Waals surface area contributed by atoms with Gasteiger partial charge in [0.2, 0.25) is 5.78 Å². The van der Waals surface area contributed by atoms with E-state index in [0.717, 1.165) is 32.5 Å². The molecule has 0 aliphatic heterocycles. The zero-order chi connectivity index (χ0) is 11.4. The topological polar surface area (TPSA) is 30.0 Å². The van der Waals surface area contributed by atoms with Crippen LogP contribution in [0.5, 0.6) is 0 Å². The number of fused-ring (bicyclic) bond motifs is 2. The predicted octanol–water partition coefficient (Wildman–Crippen LogP) is 3.51. The van der Waals surface area contributed by atoms with E-state index >= 15 is 0 Å². The number of hydrogen-bond donors (Lipinski definition) is 0. The lowest BCUT2D eigenvalue weighted by Gasteiger charge is -2.15. The summed E-state index contributed by atoms with van der Waals surface area (Å²) in [5.74, 6) is 0.104. The minimum atomic E-state index is 0.104. The fourth-order valence-corrected chi connectivity index (χ4v) is 3.20. The number of rotatable bonds is 0. The van der Waals surface area contributed by atoms with E-state index in [4.69, 9.17) is 0 Å². The van der Waals surface area contributed by atoms with Crippen LogP contribution in [0.4, 0.5) is 0 Å². The van der Waals surface area contributed by atoms with E-state index in [9.17, 15) is 4.79 Å². The summed E-state index contributed by atoms with van der Waals surface area (Å²) in [6.07, 6.45) is 0. The molecule has 0 amide bonds. The van der Waals surface area contributed by atoms with Gasteiger partial charge in [-0.15, -0.1) is 11.3 Å². The van der Waals surface area contributed by atoms with Crippen LogP contribution in [0.3, 0.4) is 0 Å². The van der Waals surface area contributed by atoms with Crippen molar-refractivity contribution in [2.75, 3.05) is 0 Å². The average molecular weight is 237 g/mol. The second-order valence-electron chi connectivity index (χ2n) is 4.07. The largest absolute Gasteiger partial charge is 0.288 e. The van der Waals surface area contributed by atoms with Crippen molar-refractivity contribution in [1.29, 1.82) is 0 Å². The Bertz CT molecular complexity index is 767. The molecule has 0 saturated carbocycles. The van der Waals surface area contributed by atoms with Gasteiger partial charge < -0.3 is 0 Å². The van der Waals surface area contributed by atoms with Gasteiger partial charge in [0.05, 0.1) is 11.2 Å². The van der Waals surface area contributed by atoms with Gasteiger partial charge >= 0.3 is 0 Å². The highest BCUT2D eigenvalue weighted by Crippen LogP contribution is 2.39. The Hall–Kier alpha value is -2.00. The van der Waals surface area contributed by atoms with Gasteiger partial charge in [-0.25, -0.2) is 4.98 Å². The van der Waals surface area contributed by atoms with Crippen LogP contribution in [0.25, 0.3) is 22.0 Å². The number of hydrogen-bond acceptors (Lipinski definition) is 3. The molecule has 0 N–H and O–H groups in total. The van der Waals surface area contributed by atoms with E-state index in [-0.39, 0.29) is 5.78 Å². The number of thiazole rings is 1. The van der Waals surface area contributed by atoms with Gasteiger partial charge in [0.15, 0.2) is 0 Å². The fraction of sp³-hybridized carbons (Fsp3) is 0. The number of carbonyl (C=O) groups is 1. The van der Waals surface area contributed by atoms with Crippen molar-refractivity contribution in [3.8, 4) is 11.3 Å². The van der Waals surface area contributed by atoms with Gasteiger partial charge in [-0.1, -0.05) is 36.4 Å². The number of carbonyl (C=O) groups excluding carboxylic acids is 1. The Morgan fingerprint density at radius 1 is 1.00 bits per heavy atom. The molecule has 17 heavy (non-hydrogen) atoms. The van der Waals surface area contributed by atoms with Crippen molar-refractivity contribution in [3.05, 3.63) is 52.3 Å². The number of benzene rings is 2. The molecule has 3 aromatic rings. The quantitative estimate of drug-likeness (QED) is 0.468. The van der Waals surface area contributed by atoms with Gasteiger partial charge in [0, 0.05) is 16.5 Å². The van der Waals surface area contributed by atoms with Gasteiger partial charge in [0.25, 0.3) is 0 Å². The molecule has 0 radical (unpaired) electrons. The van der Waals surface area contributed by atoms with E-state index in [1.54, 1.807) is 5.51 Å². The zero-order valence-corrected chi connectivity index (χ0v) is 9.62. The summed E-state index contributed by atoms with van der Waals surface area (Å²) in [7, 11) is 0. The first-order valence-electron chi connectivity index (χ1n) is 5.36. The highest BCUT2D eigenvalue weighted by Gasteiger charge is 2.26. The number of ketones is 1. The van der Waals surface area contributed by atoms with Crippen LogP contribution in [0.2, 0.25) is 0 Å². The van der Waals surface area contributed by atoms with Gasteiger partial charge in [-0.3, -0.25) is 4.79 Å². The standard InChI is InChI=1S/C14H7NOS/c16-13-10-6-2-4-8-3-1-5-9(11(8)10)12-14(13)17-7-15-12/h1-7H. The van der Waals surface area contributed by atoms with Crippen molar-refractivity contribution in [2.24, 2.45) is 0 Å². The molecule has 0 spiro atoms. The third kappa shape index (κ3) is 1.04. The summed E-state index contributed by atoms with van der Waals surface area (Å²) in [5.41, 5.74) is 4.46. The lowest BCUT2D eigenvalue weighted by Crippen LogP contribution is -2.07. The molecule has 0 atom stereocenters. The van der Waals surface area contributed by atoms with E-state index in [1.807, 2.05) is 36.4 Å². The fourth-order valence-electron chi connectivity index (χ4n) is 2.45. The van der Waals surface area contributed by atoms with Gasteiger partial charge in [-0.05, 0) is 5.39 Å². The van der Waals surface area contributed by atoms with Crippen LogP contribution in [-0.4, -0.2) is 10.8 Å². The molecular weight excluding hydrogens is 230 g/mol. The van der Waals surface area contributed by atoms with Crippen molar-refractivity contribution in [2.45, 2.75) is 0 Å². The molecule has 0 unspecified atom stereocenters. The molecule has 1 aliphatic rings. The van der Waals surface area contributed by atoms with Gasteiger partial charge in [0.1, 0.15) is 4.88 Å². The molecule has 1 aromatic heterocycles. The summed E-state index contributed by atoms with van der Waals surface area (Å²) in [4.78, 5) is 17.4. The summed E-state index contributed by atoms with van der Waals surface area (Å²) < 4.78 is 0. The highest BCUT2D eigenvalue weighted by atomic mass is 32.1. The molecule has 4 rings (SSSR count). The van der Waals surface area contributed by atoms with Crippen molar-refractivity contribution in [1.82, 2.24) is 4.98 Å². The zero-order valence-electron chi connectivity index (χ0n) is 8.81. The van der Waals surface area contributed by atoms with Crippen molar-refractivity contribution >= 4 is 27.9 Å². The SMILES string of the molecule is O=C1c2scnc2-c2cccc3cccc1c23. The van der Waals surface area contributed by atoms with Crippen LogP contribution in [0.15, 0.2) is 41.9 Å².